The fraction of sp³-hybridized carbons (Fsp3) is 0.533. The molecule has 19 heavy (non-hydrogen) atoms. The third-order valence-corrected chi connectivity index (χ3v) is 2.82. The molecule has 1 amide bonds. The van der Waals surface area contributed by atoms with E-state index < -0.39 is 5.82 Å². The summed E-state index contributed by atoms with van der Waals surface area (Å²) < 4.78 is 13.3. The Morgan fingerprint density at radius 3 is 2.68 bits per heavy atom. The van der Waals surface area contributed by atoms with Crippen molar-refractivity contribution < 1.29 is 9.18 Å². The molecule has 0 spiro atoms. The Labute approximate surface area is 114 Å². The van der Waals surface area contributed by atoms with Crippen LogP contribution in [0.15, 0.2) is 24.3 Å². The van der Waals surface area contributed by atoms with Gasteiger partial charge in [-0.2, -0.15) is 0 Å². The first kappa shape index (κ1) is 15.6. The van der Waals surface area contributed by atoms with Crippen LogP contribution in [0.5, 0.6) is 0 Å². The van der Waals surface area contributed by atoms with Gasteiger partial charge >= 0.3 is 0 Å². The molecule has 0 aromatic heterocycles. The first-order valence-electron chi connectivity index (χ1n) is 6.84. The number of rotatable bonds is 8. The lowest BCUT2D eigenvalue weighted by molar-refractivity contribution is -0.115. The van der Waals surface area contributed by atoms with Crippen LogP contribution in [0.3, 0.4) is 0 Å². The standard InChI is InChI=1S/C15H23FN2O/c1-12(2)7-5-6-10-17-11-15(19)18-14-9-4-3-8-13(14)16/h3-4,8-9,12,17H,5-7,10-11H2,1-2H3,(H,18,19). The zero-order valence-corrected chi connectivity index (χ0v) is 11.7. The van der Waals surface area contributed by atoms with Crippen molar-refractivity contribution in [2.45, 2.75) is 33.1 Å². The largest absolute Gasteiger partial charge is 0.322 e. The lowest BCUT2D eigenvalue weighted by Crippen LogP contribution is -2.29. The van der Waals surface area contributed by atoms with Gasteiger partial charge in [-0.3, -0.25) is 4.79 Å². The minimum atomic E-state index is -0.409. The van der Waals surface area contributed by atoms with Crippen molar-refractivity contribution in [3.63, 3.8) is 0 Å². The molecular formula is C15H23FN2O. The summed E-state index contributed by atoms with van der Waals surface area (Å²) in [5, 5.41) is 5.61. The number of halogens is 1. The highest BCUT2D eigenvalue weighted by molar-refractivity contribution is 5.92. The van der Waals surface area contributed by atoms with Gasteiger partial charge in [0.05, 0.1) is 12.2 Å². The van der Waals surface area contributed by atoms with Crippen LogP contribution < -0.4 is 10.6 Å². The van der Waals surface area contributed by atoms with E-state index in [2.05, 4.69) is 24.5 Å². The summed E-state index contributed by atoms with van der Waals surface area (Å²) in [6, 6.07) is 6.17. The highest BCUT2D eigenvalue weighted by Crippen LogP contribution is 2.11. The van der Waals surface area contributed by atoms with Crippen LogP contribution in [0, 0.1) is 11.7 Å². The predicted molar refractivity (Wildman–Crippen MR) is 76.6 cm³/mol. The highest BCUT2D eigenvalue weighted by Gasteiger charge is 2.05. The van der Waals surface area contributed by atoms with Gasteiger partial charge in [0.2, 0.25) is 5.91 Å². The van der Waals surface area contributed by atoms with Crippen molar-refractivity contribution in [1.29, 1.82) is 0 Å². The van der Waals surface area contributed by atoms with Crippen LogP contribution in [0.4, 0.5) is 10.1 Å². The molecule has 106 valence electrons. The monoisotopic (exact) mass is 266 g/mol. The first-order chi connectivity index (χ1) is 9.09. The quantitative estimate of drug-likeness (QED) is 0.710. The minimum Gasteiger partial charge on any atom is -0.322 e. The average Bonchev–Trinajstić information content (AvgIpc) is 2.36. The minimum absolute atomic E-state index is 0.214. The normalized spacial score (nSPS) is 10.7. The lowest BCUT2D eigenvalue weighted by atomic mass is 10.1. The van der Waals surface area contributed by atoms with E-state index in [-0.39, 0.29) is 18.1 Å². The number of nitrogens with one attached hydrogen (secondary N) is 2. The van der Waals surface area contributed by atoms with Crippen LogP contribution in [0.2, 0.25) is 0 Å². The molecule has 0 bridgehead atoms. The van der Waals surface area contributed by atoms with Gasteiger partial charge < -0.3 is 10.6 Å². The number of amides is 1. The summed E-state index contributed by atoms with van der Waals surface area (Å²) in [6.45, 7) is 5.44. The number of benzene rings is 1. The number of carbonyl (C=O) groups is 1. The van der Waals surface area contributed by atoms with Crippen molar-refractivity contribution >= 4 is 11.6 Å². The Hall–Kier alpha value is -1.42. The maximum atomic E-state index is 13.3. The van der Waals surface area contributed by atoms with Crippen molar-refractivity contribution in [1.82, 2.24) is 5.32 Å². The van der Waals surface area contributed by atoms with Crippen LogP contribution >= 0.6 is 0 Å². The molecule has 0 aliphatic rings. The van der Waals surface area contributed by atoms with Gasteiger partial charge in [-0.05, 0) is 31.0 Å². The molecule has 0 saturated heterocycles. The van der Waals surface area contributed by atoms with Crippen LogP contribution in [-0.2, 0) is 4.79 Å². The van der Waals surface area contributed by atoms with Gasteiger partial charge in [-0.15, -0.1) is 0 Å². The predicted octanol–water partition coefficient (Wildman–Crippen LogP) is 3.18. The molecule has 0 radical (unpaired) electrons. The molecule has 0 fully saturated rings. The molecule has 1 rings (SSSR count). The fourth-order valence-corrected chi connectivity index (χ4v) is 1.76. The first-order valence-corrected chi connectivity index (χ1v) is 6.84. The molecule has 0 atom stereocenters. The Morgan fingerprint density at radius 1 is 1.26 bits per heavy atom. The van der Waals surface area contributed by atoms with Crippen molar-refractivity contribution in [2.75, 3.05) is 18.4 Å². The maximum absolute atomic E-state index is 13.3. The van der Waals surface area contributed by atoms with Gasteiger partial charge in [-0.25, -0.2) is 4.39 Å². The summed E-state index contributed by atoms with van der Waals surface area (Å²) in [5.74, 6) is 0.103. The number of para-hydroxylation sites is 1. The number of hydrogen-bond acceptors (Lipinski definition) is 2. The summed E-state index contributed by atoms with van der Waals surface area (Å²) >= 11 is 0. The second-order valence-electron chi connectivity index (χ2n) is 5.09. The Morgan fingerprint density at radius 2 is 2.00 bits per heavy atom. The maximum Gasteiger partial charge on any atom is 0.238 e. The molecule has 0 saturated carbocycles. The molecule has 1 aromatic rings. The number of carbonyl (C=O) groups excluding carboxylic acids is 1. The fourth-order valence-electron chi connectivity index (χ4n) is 1.76. The Kier molecular flexibility index (Phi) is 7.11. The van der Waals surface area contributed by atoms with Crippen LogP contribution in [0.25, 0.3) is 0 Å². The van der Waals surface area contributed by atoms with Crippen LogP contribution in [0.1, 0.15) is 33.1 Å². The van der Waals surface area contributed by atoms with Gasteiger partial charge in [-0.1, -0.05) is 38.8 Å². The van der Waals surface area contributed by atoms with Gasteiger partial charge in [0.1, 0.15) is 5.82 Å². The summed E-state index contributed by atoms with van der Waals surface area (Å²) in [4.78, 5) is 11.6. The summed E-state index contributed by atoms with van der Waals surface area (Å²) in [7, 11) is 0. The molecule has 0 unspecified atom stereocenters. The zero-order valence-electron chi connectivity index (χ0n) is 11.7. The molecule has 0 aliphatic carbocycles. The van der Waals surface area contributed by atoms with E-state index in [1.807, 2.05) is 0 Å². The second kappa shape index (κ2) is 8.64. The van der Waals surface area contributed by atoms with Crippen LogP contribution in [-0.4, -0.2) is 19.0 Å². The Balaban J connectivity index is 2.13. The third-order valence-electron chi connectivity index (χ3n) is 2.82. The number of hydrogen-bond donors (Lipinski definition) is 2. The van der Waals surface area contributed by atoms with E-state index in [9.17, 15) is 9.18 Å². The molecule has 3 nitrogen and oxygen atoms in total. The van der Waals surface area contributed by atoms with E-state index in [1.165, 1.54) is 18.9 Å². The van der Waals surface area contributed by atoms with Crippen molar-refractivity contribution in [3.05, 3.63) is 30.1 Å². The molecule has 0 aliphatic heterocycles. The van der Waals surface area contributed by atoms with Gasteiger partial charge in [0.25, 0.3) is 0 Å². The highest BCUT2D eigenvalue weighted by atomic mass is 19.1. The van der Waals surface area contributed by atoms with Crippen molar-refractivity contribution in [2.24, 2.45) is 5.92 Å². The smallest absolute Gasteiger partial charge is 0.238 e. The topological polar surface area (TPSA) is 41.1 Å². The van der Waals surface area contributed by atoms with E-state index in [0.717, 1.165) is 18.9 Å². The zero-order chi connectivity index (χ0) is 14.1. The average molecular weight is 266 g/mol. The Bertz CT molecular complexity index is 393. The van der Waals surface area contributed by atoms with Crippen molar-refractivity contribution in [3.8, 4) is 0 Å². The van der Waals surface area contributed by atoms with E-state index in [1.54, 1.807) is 18.2 Å². The lowest BCUT2D eigenvalue weighted by Gasteiger charge is -2.08. The molecule has 4 heteroatoms. The number of unbranched alkanes of at least 4 members (excludes halogenated alkanes) is 1. The number of anilines is 1. The third kappa shape index (κ3) is 6.91. The van der Waals surface area contributed by atoms with E-state index >= 15 is 0 Å². The summed E-state index contributed by atoms with van der Waals surface area (Å²) in [6.07, 6.45) is 3.44. The molecule has 2 N–H and O–H groups in total. The summed E-state index contributed by atoms with van der Waals surface area (Å²) in [5.41, 5.74) is 0.231. The second-order valence-corrected chi connectivity index (χ2v) is 5.09. The van der Waals surface area contributed by atoms with Gasteiger partial charge in [0, 0.05) is 0 Å². The SMILES string of the molecule is CC(C)CCCCNCC(=O)Nc1ccccc1F. The molecule has 1 aromatic carbocycles. The molecule has 0 heterocycles. The van der Waals surface area contributed by atoms with E-state index in [0.29, 0.717) is 0 Å². The van der Waals surface area contributed by atoms with Gasteiger partial charge in [0.15, 0.2) is 0 Å². The molecular weight excluding hydrogens is 243 g/mol. The van der Waals surface area contributed by atoms with E-state index in [4.69, 9.17) is 0 Å².